The molecule has 4 nitrogen and oxygen atoms in total. The van der Waals surface area contributed by atoms with Crippen LogP contribution in [0.5, 0.6) is 0 Å². The second-order valence-corrected chi connectivity index (χ2v) is 5.77. The van der Waals surface area contributed by atoms with Crippen molar-refractivity contribution in [2.75, 3.05) is 33.0 Å². The van der Waals surface area contributed by atoms with Crippen LogP contribution in [0.4, 0.5) is 0 Å². The maximum atomic E-state index is 11.3. The monoisotopic (exact) mass is 271 g/mol. The van der Waals surface area contributed by atoms with Gasteiger partial charge in [-0.05, 0) is 6.92 Å². The van der Waals surface area contributed by atoms with Crippen molar-refractivity contribution in [2.24, 2.45) is 11.3 Å². The molecule has 0 aromatic carbocycles. The van der Waals surface area contributed by atoms with Crippen LogP contribution in [0, 0.1) is 11.3 Å². The zero-order valence-electron chi connectivity index (χ0n) is 13.0. The molecule has 0 rings (SSSR count). The highest BCUT2D eigenvalue weighted by atomic mass is 16.5. The van der Waals surface area contributed by atoms with E-state index in [1.165, 1.54) is 0 Å². The normalized spacial score (nSPS) is 11.7. The Kier molecular flexibility index (Phi) is 8.68. The summed E-state index contributed by atoms with van der Waals surface area (Å²) in [6.07, 6.45) is 0. The first-order valence-corrected chi connectivity index (χ1v) is 6.86. The lowest BCUT2D eigenvalue weighted by Gasteiger charge is -2.24. The molecular formula is C15H29NO3. The standard InChI is InChI=1S/C15H29NO3/c1-12(2)14(17)16-7-8-18-9-10-19-11-15(5,6)13(3)4/h12H,3,7-11H2,1-2,4-6H3,(H,16,17). The van der Waals surface area contributed by atoms with Crippen molar-refractivity contribution >= 4 is 5.91 Å². The Morgan fingerprint density at radius 1 is 1.21 bits per heavy atom. The summed E-state index contributed by atoms with van der Waals surface area (Å²) >= 11 is 0. The van der Waals surface area contributed by atoms with Crippen LogP contribution in [0.2, 0.25) is 0 Å². The average molecular weight is 271 g/mol. The minimum atomic E-state index is 0.00520. The van der Waals surface area contributed by atoms with Gasteiger partial charge in [-0.1, -0.05) is 39.8 Å². The molecule has 0 bridgehead atoms. The zero-order valence-corrected chi connectivity index (χ0v) is 13.0. The first kappa shape index (κ1) is 18.1. The summed E-state index contributed by atoms with van der Waals surface area (Å²) < 4.78 is 10.9. The Labute approximate surface area is 117 Å². The maximum absolute atomic E-state index is 11.3. The highest BCUT2D eigenvalue weighted by Gasteiger charge is 2.18. The second-order valence-electron chi connectivity index (χ2n) is 5.77. The second kappa shape index (κ2) is 9.10. The summed E-state index contributed by atoms with van der Waals surface area (Å²) in [5.74, 6) is 0.0794. The summed E-state index contributed by atoms with van der Waals surface area (Å²) in [5.41, 5.74) is 1.12. The fraction of sp³-hybridized carbons (Fsp3) is 0.800. The van der Waals surface area contributed by atoms with Crippen LogP contribution < -0.4 is 5.32 Å². The summed E-state index contributed by atoms with van der Waals surface area (Å²) in [4.78, 5) is 11.3. The Morgan fingerprint density at radius 3 is 2.32 bits per heavy atom. The molecule has 0 saturated heterocycles. The summed E-state index contributed by atoms with van der Waals surface area (Å²) in [5, 5.41) is 2.80. The smallest absolute Gasteiger partial charge is 0.222 e. The quantitative estimate of drug-likeness (QED) is 0.490. The summed E-state index contributed by atoms with van der Waals surface area (Å²) in [6.45, 7) is 16.7. The van der Waals surface area contributed by atoms with E-state index in [1.54, 1.807) is 0 Å². The molecule has 112 valence electrons. The van der Waals surface area contributed by atoms with Crippen molar-refractivity contribution in [3.63, 3.8) is 0 Å². The van der Waals surface area contributed by atoms with Crippen LogP contribution in [0.15, 0.2) is 12.2 Å². The third-order valence-corrected chi connectivity index (χ3v) is 3.06. The first-order valence-electron chi connectivity index (χ1n) is 6.86. The van der Waals surface area contributed by atoms with E-state index in [0.717, 1.165) is 5.57 Å². The molecule has 0 aromatic heterocycles. The van der Waals surface area contributed by atoms with Gasteiger partial charge in [0.2, 0.25) is 5.91 Å². The maximum Gasteiger partial charge on any atom is 0.222 e. The van der Waals surface area contributed by atoms with E-state index in [2.05, 4.69) is 25.7 Å². The van der Waals surface area contributed by atoms with Crippen LogP contribution in [-0.4, -0.2) is 38.9 Å². The molecular weight excluding hydrogens is 242 g/mol. The number of ether oxygens (including phenoxy) is 2. The number of hydrogen-bond acceptors (Lipinski definition) is 3. The fourth-order valence-corrected chi connectivity index (χ4v) is 1.12. The van der Waals surface area contributed by atoms with Crippen molar-refractivity contribution in [2.45, 2.75) is 34.6 Å². The fourth-order valence-electron chi connectivity index (χ4n) is 1.12. The molecule has 1 N–H and O–H groups in total. The number of carbonyl (C=O) groups excluding carboxylic acids is 1. The van der Waals surface area contributed by atoms with Gasteiger partial charge in [0.05, 0.1) is 26.4 Å². The highest BCUT2D eigenvalue weighted by Crippen LogP contribution is 2.24. The van der Waals surface area contributed by atoms with Gasteiger partial charge in [-0.15, -0.1) is 0 Å². The minimum absolute atomic E-state index is 0.00520. The van der Waals surface area contributed by atoms with Gasteiger partial charge in [-0.25, -0.2) is 0 Å². The number of rotatable bonds is 10. The average Bonchev–Trinajstić information content (AvgIpc) is 2.31. The number of carbonyl (C=O) groups is 1. The van der Waals surface area contributed by atoms with Gasteiger partial charge in [-0.3, -0.25) is 4.79 Å². The summed E-state index contributed by atoms with van der Waals surface area (Å²) in [6, 6.07) is 0. The number of nitrogens with one attached hydrogen (secondary N) is 1. The van der Waals surface area contributed by atoms with E-state index in [0.29, 0.717) is 33.0 Å². The molecule has 19 heavy (non-hydrogen) atoms. The van der Waals surface area contributed by atoms with Crippen LogP contribution in [0.3, 0.4) is 0 Å². The van der Waals surface area contributed by atoms with Crippen LogP contribution in [0.1, 0.15) is 34.6 Å². The topological polar surface area (TPSA) is 47.6 Å². The van der Waals surface area contributed by atoms with Crippen LogP contribution in [-0.2, 0) is 14.3 Å². The van der Waals surface area contributed by atoms with Crippen molar-refractivity contribution in [1.29, 1.82) is 0 Å². The molecule has 0 aliphatic heterocycles. The van der Waals surface area contributed by atoms with Gasteiger partial charge < -0.3 is 14.8 Å². The minimum Gasteiger partial charge on any atom is -0.378 e. The molecule has 0 heterocycles. The van der Waals surface area contributed by atoms with Gasteiger partial charge in [0, 0.05) is 17.9 Å². The van der Waals surface area contributed by atoms with E-state index in [1.807, 2.05) is 20.8 Å². The Morgan fingerprint density at radius 2 is 1.79 bits per heavy atom. The van der Waals surface area contributed by atoms with E-state index in [9.17, 15) is 4.79 Å². The Hall–Kier alpha value is -0.870. The molecule has 0 atom stereocenters. The van der Waals surface area contributed by atoms with Gasteiger partial charge in [-0.2, -0.15) is 0 Å². The van der Waals surface area contributed by atoms with Gasteiger partial charge in [0.15, 0.2) is 0 Å². The molecule has 0 spiro atoms. The molecule has 0 aromatic rings. The van der Waals surface area contributed by atoms with Crippen molar-refractivity contribution < 1.29 is 14.3 Å². The Bertz CT molecular complexity index is 285. The third-order valence-electron chi connectivity index (χ3n) is 3.06. The van der Waals surface area contributed by atoms with Crippen LogP contribution in [0.25, 0.3) is 0 Å². The zero-order chi connectivity index (χ0) is 14.9. The molecule has 0 unspecified atom stereocenters. The Balaban J connectivity index is 3.42. The van der Waals surface area contributed by atoms with Crippen LogP contribution >= 0.6 is 0 Å². The molecule has 0 radical (unpaired) electrons. The number of hydrogen-bond donors (Lipinski definition) is 1. The first-order chi connectivity index (χ1) is 8.77. The summed E-state index contributed by atoms with van der Waals surface area (Å²) in [7, 11) is 0. The molecule has 0 aliphatic rings. The number of amides is 1. The van der Waals surface area contributed by atoms with Gasteiger partial charge >= 0.3 is 0 Å². The van der Waals surface area contributed by atoms with Crippen molar-refractivity contribution in [1.82, 2.24) is 5.32 Å². The predicted molar refractivity (Wildman–Crippen MR) is 78.1 cm³/mol. The lowest BCUT2D eigenvalue weighted by molar-refractivity contribution is -0.124. The molecule has 4 heteroatoms. The van der Waals surface area contributed by atoms with E-state index in [4.69, 9.17) is 9.47 Å². The molecule has 1 amide bonds. The predicted octanol–water partition coefficient (Wildman–Crippen LogP) is 2.39. The molecule has 0 aliphatic carbocycles. The van der Waals surface area contributed by atoms with Gasteiger partial charge in [0.25, 0.3) is 0 Å². The SMILES string of the molecule is C=C(C)C(C)(C)COCCOCCNC(=O)C(C)C. The van der Waals surface area contributed by atoms with E-state index in [-0.39, 0.29) is 17.2 Å². The lowest BCUT2D eigenvalue weighted by atomic mass is 9.87. The van der Waals surface area contributed by atoms with Gasteiger partial charge in [0.1, 0.15) is 0 Å². The highest BCUT2D eigenvalue weighted by molar-refractivity contribution is 5.77. The van der Waals surface area contributed by atoms with Crippen molar-refractivity contribution in [3.8, 4) is 0 Å². The van der Waals surface area contributed by atoms with E-state index >= 15 is 0 Å². The van der Waals surface area contributed by atoms with E-state index < -0.39 is 0 Å². The molecule has 0 saturated carbocycles. The third kappa shape index (κ3) is 8.78. The lowest BCUT2D eigenvalue weighted by Crippen LogP contribution is -2.31. The largest absolute Gasteiger partial charge is 0.378 e. The molecule has 0 fully saturated rings. The van der Waals surface area contributed by atoms with Crippen molar-refractivity contribution in [3.05, 3.63) is 12.2 Å².